The molecule has 0 fully saturated rings. The van der Waals surface area contributed by atoms with Gasteiger partial charge < -0.3 is 10.1 Å². The molecule has 6 nitrogen and oxygen atoms in total. The van der Waals surface area contributed by atoms with E-state index in [-0.39, 0.29) is 11.7 Å². The molecule has 162 valence electrons. The maximum absolute atomic E-state index is 13.2. The fraction of sp³-hybridized carbons (Fsp3) is 0.320. The summed E-state index contributed by atoms with van der Waals surface area (Å²) in [7, 11) is 0. The first-order valence-corrected chi connectivity index (χ1v) is 10.7. The molecule has 0 spiro atoms. The van der Waals surface area contributed by atoms with E-state index in [0.29, 0.717) is 37.4 Å². The summed E-state index contributed by atoms with van der Waals surface area (Å²) in [4.78, 5) is 26.4. The summed E-state index contributed by atoms with van der Waals surface area (Å²) in [6.45, 7) is 7.13. The highest BCUT2D eigenvalue weighted by atomic mass is 16.5. The van der Waals surface area contributed by atoms with Crippen LogP contribution in [-0.2, 0) is 11.3 Å². The Hall–Kier alpha value is -3.25. The predicted molar refractivity (Wildman–Crippen MR) is 123 cm³/mol. The van der Waals surface area contributed by atoms with E-state index in [4.69, 9.17) is 4.74 Å². The zero-order valence-electron chi connectivity index (χ0n) is 18.3. The van der Waals surface area contributed by atoms with Gasteiger partial charge >= 0.3 is 0 Å². The van der Waals surface area contributed by atoms with Gasteiger partial charge in [-0.3, -0.25) is 9.59 Å². The van der Waals surface area contributed by atoms with Gasteiger partial charge in [-0.05, 0) is 32.8 Å². The smallest absolute Gasteiger partial charge is 0.280 e. The summed E-state index contributed by atoms with van der Waals surface area (Å²) < 4.78 is 6.89. The van der Waals surface area contributed by atoms with Gasteiger partial charge in [-0.2, -0.15) is 5.10 Å². The monoisotopic (exact) mass is 419 g/mol. The van der Waals surface area contributed by atoms with Crippen LogP contribution < -0.4 is 10.9 Å². The number of hydrogen-bond donors (Lipinski definition) is 1. The molecule has 0 aliphatic carbocycles. The Bertz CT molecular complexity index is 1060. The number of carbonyl (C=O) groups is 1. The number of rotatable bonds is 9. The van der Waals surface area contributed by atoms with E-state index in [1.54, 1.807) is 0 Å². The average molecular weight is 420 g/mol. The summed E-state index contributed by atoms with van der Waals surface area (Å²) in [5, 5.41) is 7.51. The zero-order valence-corrected chi connectivity index (χ0v) is 18.3. The van der Waals surface area contributed by atoms with Gasteiger partial charge in [-0.25, -0.2) is 4.68 Å². The maximum atomic E-state index is 13.2. The summed E-state index contributed by atoms with van der Waals surface area (Å²) >= 11 is 0. The minimum Gasteiger partial charge on any atom is -0.379 e. The number of nitrogens with zero attached hydrogens (tertiary/aromatic N) is 2. The molecule has 3 rings (SSSR count). The van der Waals surface area contributed by atoms with Crippen molar-refractivity contribution in [1.29, 1.82) is 0 Å². The Morgan fingerprint density at radius 2 is 1.65 bits per heavy atom. The van der Waals surface area contributed by atoms with Gasteiger partial charge in [0.15, 0.2) is 0 Å². The van der Waals surface area contributed by atoms with Crippen LogP contribution in [0.25, 0.3) is 22.4 Å². The second-order valence-corrected chi connectivity index (χ2v) is 7.48. The molecule has 0 radical (unpaired) electrons. The molecule has 2 aromatic carbocycles. The minimum atomic E-state index is -0.393. The molecule has 1 N–H and O–H groups in total. The first-order chi connectivity index (χ1) is 15.0. The normalized spacial score (nSPS) is 11.0. The van der Waals surface area contributed by atoms with Crippen molar-refractivity contribution < 1.29 is 9.53 Å². The Kier molecular flexibility index (Phi) is 7.73. The number of aryl methyl sites for hydroxylation is 1. The molecule has 31 heavy (non-hydrogen) atoms. The van der Waals surface area contributed by atoms with Gasteiger partial charge in [-0.1, -0.05) is 60.7 Å². The van der Waals surface area contributed by atoms with Crippen molar-refractivity contribution in [2.24, 2.45) is 0 Å². The van der Waals surface area contributed by atoms with E-state index in [9.17, 15) is 9.59 Å². The van der Waals surface area contributed by atoms with Crippen LogP contribution in [0.3, 0.4) is 0 Å². The van der Waals surface area contributed by atoms with Gasteiger partial charge in [0.05, 0.1) is 11.8 Å². The molecule has 0 saturated carbocycles. The molecule has 1 heterocycles. The standard InChI is InChI=1S/C25H29N3O3/c1-4-28-25(30)22(24(29)26-16-11-17-31-18(2)3)21(19-12-7-5-8-13-19)23(27-28)20-14-9-6-10-15-20/h5-10,12-15,18H,4,11,16-17H2,1-3H3,(H,26,29). The van der Waals surface area contributed by atoms with Crippen molar-refractivity contribution in [1.82, 2.24) is 15.1 Å². The molecule has 1 aromatic heterocycles. The second-order valence-electron chi connectivity index (χ2n) is 7.48. The minimum absolute atomic E-state index is 0.117. The van der Waals surface area contributed by atoms with Crippen molar-refractivity contribution in [3.05, 3.63) is 76.6 Å². The van der Waals surface area contributed by atoms with Crippen molar-refractivity contribution in [3.8, 4) is 22.4 Å². The first kappa shape index (κ1) is 22.4. The molecule has 0 aliphatic rings. The van der Waals surface area contributed by atoms with Crippen LogP contribution in [0.5, 0.6) is 0 Å². The average Bonchev–Trinajstić information content (AvgIpc) is 2.79. The molecular weight excluding hydrogens is 390 g/mol. The summed E-state index contributed by atoms with van der Waals surface area (Å²) in [5.41, 5.74) is 2.52. The summed E-state index contributed by atoms with van der Waals surface area (Å²) in [6.07, 6.45) is 0.814. The Balaban J connectivity index is 2.08. The SMILES string of the molecule is CCn1nc(-c2ccccc2)c(-c2ccccc2)c(C(=O)NCCCOC(C)C)c1=O. The first-order valence-electron chi connectivity index (χ1n) is 10.7. The quantitative estimate of drug-likeness (QED) is 0.529. The number of aromatic nitrogens is 2. The van der Waals surface area contributed by atoms with Gasteiger partial charge in [0, 0.05) is 30.8 Å². The third kappa shape index (κ3) is 5.47. The predicted octanol–water partition coefficient (Wildman–Crippen LogP) is 4.14. The van der Waals surface area contributed by atoms with Gasteiger partial charge in [0.25, 0.3) is 11.5 Å². The molecule has 0 atom stereocenters. The van der Waals surface area contributed by atoms with Crippen molar-refractivity contribution in [2.45, 2.75) is 39.8 Å². The molecule has 0 aliphatic heterocycles. The lowest BCUT2D eigenvalue weighted by molar-refractivity contribution is 0.0757. The van der Waals surface area contributed by atoms with Crippen LogP contribution in [0.1, 0.15) is 37.6 Å². The molecule has 0 bridgehead atoms. The van der Waals surface area contributed by atoms with Crippen LogP contribution in [0, 0.1) is 0 Å². The highest BCUT2D eigenvalue weighted by molar-refractivity contribution is 6.03. The van der Waals surface area contributed by atoms with Crippen molar-refractivity contribution in [2.75, 3.05) is 13.2 Å². The summed E-state index contributed by atoms with van der Waals surface area (Å²) in [6, 6.07) is 19.1. The van der Waals surface area contributed by atoms with E-state index in [1.807, 2.05) is 81.4 Å². The molecule has 6 heteroatoms. The Labute approximate surface area is 182 Å². The van der Waals surface area contributed by atoms with Crippen LogP contribution >= 0.6 is 0 Å². The maximum Gasteiger partial charge on any atom is 0.280 e. The van der Waals surface area contributed by atoms with Gasteiger partial charge in [-0.15, -0.1) is 0 Å². The van der Waals surface area contributed by atoms with Crippen LogP contribution in [0.2, 0.25) is 0 Å². The van der Waals surface area contributed by atoms with Crippen molar-refractivity contribution in [3.63, 3.8) is 0 Å². The Morgan fingerprint density at radius 3 is 2.23 bits per heavy atom. The molecular formula is C25H29N3O3. The number of amides is 1. The molecule has 3 aromatic rings. The fourth-order valence-corrected chi connectivity index (χ4v) is 3.36. The van der Waals surface area contributed by atoms with E-state index >= 15 is 0 Å². The lowest BCUT2D eigenvalue weighted by Crippen LogP contribution is -2.36. The largest absolute Gasteiger partial charge is 0.379 e. The Morgan fingerprint density at radius 1 is 1.03 bits per heavy atom. The molecule has 0 saturated heterocycles. The third-order valence-electron chi connectivity index (χ3n) is 4.85. The lowest BCUT2D eigenvalue weighted by Gasteiger charge is -2.17. The number of hydrogen-bond acceptors (Lipinski definition) is 4. The summed E-state index contributed by atoms with van der Waals surface area (Å²) in [5.74, 6) is -0.393. The fourth-order valence-electron chi connectivity index (χ4n) is 3.36. The highest BCUT2D eigenvalue weighted by Gasteiger charge is 2.24. The third-order valence-corrected chi connectivity index (χ3v) is 4.85. The lowest BCUT2D eigenvalue weighted by atomic mass is 9.95. The highest BCUT2D eigenvalue weighted by Crippen LogP contribution is 2.31. The van der Waals surface area contributed by atoms with Gasteiger partial charge in [0.1, 0.15) is 5.56 Å². The van der Waals surface area contributed by atoms with E-state index < -0.39 is 11.5 Å². The van der Waals surface area contributed by atoms with Gasteiger partial charge in [0.2, 0.25) is 0 Å². The van der Waals surface area contributed by atoms with Crippen LogP contribution in [-0.4, -0.2) is 34.9 Å². The van der Waals surface area contributed by atoms with E-state index in [2.05, 4.69) is 10.4 Å². The van der Waals surface area contributed by atoms with E-state index in [1.165, 1.54) is 4.68 Å². The second kappa shape index (κ2) is 10.7. The number of benzene rings is 2. The van der Waals surface area contributed by atoms with Crippen LogP contribution in [0.15, 0.2) is 65.5 Å². The van der Waals surface area contributed by atoms with Crippen molar-refractivity contribution >= 4 is 5.91 Å². The number of ether oxygens (including phenoxy) is 1. The molecule has 0 unspecified atom stereocenters. The molecule has 1 amide bonds. The van der Waals surface area contributed by atoms with E-state index in [0.717, 1.165) is 11.1 Å². The number of carbonyl (C=O) groups excluding carboxylic acids is 1. The number of nitrogens with one attached hydrogen (secondary N) is 1. The van der Waals surface area contributed by atoms with Crippen LogP contribution in [0.4, 0.5) is 0 Å². The zero-order chi connectivity index (χ0) is 22.2. The topological polar surface area (TPSA) is 73.2 Å².